The smallest absolute Gasteiger partial charge is 0.298 e. The summed E-state index contributed by atoms with van der Waals surface area (Å²) in [5.74, 6) is -0.0701. The zero-order chi connectivity index (χ0) is 13.3. The van der Waals surface area contributed by atoms with Crippen LogP contribution < -0.4 is 0 Å². The van der Waals surface area contributed by atoms with Crippen molar-refractivity contribution in [1.82, 2.24) is 0 Å². The summed E-state index contributed by atoms with van der Waals surface area (Å²) in [7, 11) is 0. The molecule has 17 heavy (non-hydrogen) atoms. The SMILES string of the molecule is CC1(C)C(=O)C(C)(C)C12N=NC(C(F)(F)F)S2. The van der Waals surface area contributed by atoms with Crippen molar-refractivity contribution in [3.63, 3.8) is 0 Å². The standard InChI is InChI=1S/C10H13F3N2OS/c1-7(2)5(16)8(3,4)10(7)15-14-6(17-10)9(11,12)13/h6H,1-4H3. The highest BCUT2D eigenvalue weighted by atomic mass is 32.2. The number of thioether (sulfide) groups is 1. The molecule has 1 aliphatic carbocycles. The molecule has 1 heterocycles. The number of halogens is 3. The first-order valence-corrected chi connectivity index (χ1v) is 6.06. The van der Waals surface area contributed by atoms with Gasteiger partial charge in [-0.2, -0.15) is 23.4 Å². The Labute approximate surface area is 101 Å². The molecule has 0 N–H and O–H groups in total. The Balaban J connectivity index is 2.37. The van der Waals surface area contributed by atoms with E-state index in [1.807, 2.05) is 0 Å². The zero-order valence-corrected chi connectivity index (χ0v) is 10.7. The van der Waals surface area contributed by atoms with E-state index in [-0.39, 0.29) is 5.78 Å². The summed E-state index contributed by atoms with van der Waals surface area (Å²) >= 11 is 0.645. The number of carbonyl (C=O) groups excluding carboxylic acids is 1. The average Bonchev–Trinajstić information content (AvgIpc) is 2.62. The summed E-state index contributed by atoms with van der Waals surface area (Å²) < 4.78 is 37.8. The Morgan fingerprint density at radius 3 is 2.00 bits per heavy atom. The van der Waals surface area contributed by atoms with Crippen LogP contribution in [-0.2, 0) is 4.79 Å². The molecule has 1 spiro atoms. The van der Waals surface area contributed by atoms with Crippen molar-refractivity contribution < 1.29 is 18.0 Å². The number of Topliss-reactive ketones (excluding diaryl/α,β-unsaturated/α-hetero) is 1. The topological polar surface area (TPSA) is 41.8 Å². The van der Waals surface area contributed by atoms with Gasteiger partial charge in [-0.05, 0) is 27.7 Å². The Kier molecular flexibility index (Phi) is 2.30. The monoisotopic (exact) mass is 266 g/mol. The van der Waals surface area contributed by atoms with E-state index in [0.29, 0.717) is 11.8 Å². The molecule has 7 heteroatoms. The van der Waals surface area contributed by atoms with Gasteiger partial charge < -0.3 is 0 Å². The minimum absolute atomic E-state index is 0.0701. The maximum absolute atomic E-state index is 12.6. The molecule has 1 unspecified atom stereocenters. The van der Waals surface area contributed by atoms with E-state index in [0.717, 1.165) is 0 Å². The van der Waals surface area contributed by atoms with E-state index in [1.54, 1.807) is 27.7 Å². The lowest BCUT2D eigenvalue weighted by atomic mass is 9.50. The lowest BCUT2D eigenvalue weighted by molar-refractivity contribution is -0.159. The van der Waals surface area contributed by atoms with Crippen molar-refractivity contribution in [1.29, 1.82) is 0 Å². The maximum Gasteiger partial charge on any atom is 0.422 e. The van der Waals surface area contributed by atoms with Gasteiger partial charge >= 0.3 is 6.18 Å². The fraction of sp³-hybridized carbons (Fsp3) is 0.900. The molecular weight excluding hydrogens is 253 g/mol. The zero-order valence-electron chi connectivity index (χ0n) is 9.92. The van der Waals surface area contributed by atoms with Crippen LogP contribution in [0.4, 0.5) is 13.2 Å². The van der Waals surface area contributed by atoms with E-state index in [2.05, 4.69) is 10.2 Å². The largest absolute Gasteiger partial charge is 0.422 e. The molecule has 2 rings (SSSR count). The highest BCUT2D eigenvalue weighted by molar-refractivity contribution is 8.01. The molecule has 0 amide bonds. The molecule has 0 aromatic heterocycles. The predicted octanol–water partition coefficient (Wildman–Crippen LogP) is 3.41. The highest BCUT2D eigenvalue weighted by Gasteiger charge is 2.77. The van der Waals surface area contributed by atoms with Gasteiger partial charge in [0, 0.05) is 0 Å². The summed E-state index contributed by atoms with van der Waals surface area (Å²) in [6.07, 6.45) is -4.41. The number of alkyl halides is 3. The van der Waals surface area contributed by atoms with Gasteiger partial charge in [0.25, 0.3) is 0 Å². The van der Waals surface area contributed by atoms with Crippen molar-refractivity contribution in [3.05, 3.63) is 0 Å². The summed E-state index contributed by atoms with van der Waals surface area (Å²) in [6, 6.07) is 0. The fourth-order valence-electron chi connectivity index (χ4n) is 2.83. The maximum atomic E-state index is 12.6. The van der Waals surface area contributed by atoms with Crippen LogP contribution in [0.1, 0.15) is 27.7 Å². The number of rotatable bonds is 0. The number of ketones is 1. The molecule has 96 valence electrons. The first-order valence-electron chi connectivity index (χ1n) is 5.18. The van der Waals surface area contributed by atoms with Crippen LogP contribution in [0.3, 0.4) is 0 Å². The minimum Gasteiger partial charge on any atom is -0.298 e. The summed E-state index contributed by atoms with van der Waals surface area (Å²) in [5.41, 5.74) is -1.80. The van der Waals surface area contributed by atoms with Gasteiger partial charge in [0.1, 0.15) is 0 Å². The molecule has 0 bridgehead atoms. The molecule has 0 aromatic carbocycles. The fourth-order valence-corrected chi connectivity index (χ4v) is 4.25. The van der Waals surface area contributed by atoms with E-state index in [9.17, 15) is 18.0 Å². The summed E-state index contributed by atoms with van der Waals surface area (Å²) in [5, 5.41) is 5.29. The van der Waals surface area contributed by atoms with Gasteiger partial charge in [-0.1, -0.05) is 11.8 Å². The molecular formula is C10H13F3N2OS. The van der Waals surface area contributed by atoms with Gasteiger partial charge in [0.2, 0.25) is 5.37 Å². The van der Waals surface area contributed by atoms with Crippen molar-refractivity contribution >= 4 is 17.5 Å². The van der Waals surface area contributed by atoms with Gasteiger partial charge in [-0.25, -0.2) is 0 Å². The lowest BCUT2D eigenvalue weighted by Gasteiger charge is -2.59. The molecule has 2 aliphatic rings. The number of nitrogens with zero attached hydrogens (tertiary/aromatic N) is 2. The molecule has 1 fully saturated rings. The van der Waals surface area contributed by atoms with Crippen molar-refractivity contribution in [2.75, 3.05) is 0 Å². The van der Waals surface area contributed by atoms with Gasteiger partial charge in [-0.15, -0.1) is 0 Å². The third kappa shape index (κ3) is 1.29. The van der Waals surface area contributed by atoms with Crippen molar-refractivity contribution in [3.8, 4) is 0 Å². The number of hydrogen-bond donors (Lipinski definition) is 0. The Bertz CT molecular complexity index is 396. The average molecular weight is 266 g/mol. The molecule has 0 saturated heterocycles. The van der Waals surface area contributed by atoms with E-state index in [1.165, 1.54) is 0 Å². The van der Waals surface area contributed by atoms with Gasteiger partial charge in [0.15, 0.2) is 10.7 Å². The molecule has 0 aromatic rings. The Hall–Kier alpha value is -0.590. The second kappa shape index (κ2) is 3.05. The first kappa shape index (κ1) is 12.9. The molecule has 1 atom stereocenters. The summed E-state index contributed by atoms with van der Waals surface area (Å²) in [4.78, 5) is 10.8. The lowest BCUT2D eigenvalue weighted by Crippen LogP contribution is -2.71. The van der Waals surface area contributed by atoms with Gasteiger partial charge in [0.05, 0.1) is 10.8 Å². The number of azo groups is 1. The minimum atomic E-state index is -4.41. The van der Waals surface area contributed by atoms with Crippen LogP contribution in [0, 0.1) is 10.8 Å². The quantitative estimate of drug-likeness (QED) is 0.674. The molecule has 1 saturated carbocycles. The number of carbonyl (C=O) groups is 1. The van der Waals surface area contributed by atoms with Crippen molar-refractivity contribution in [2.24, 2.45) is 21.1 Å². The van der Waals surface area contributed by atoms with E-state index in [4.69, 9.17) is 0 Å². The van der Waals surface area contributed by atoms with Crippen LogP contribution in [-0.4, -0.2) is 22.2 Å². The van der Waals surface area contributed by atoms with Crippen LogP contribution in [0.2, 0.25) is 0 Å². The van der Waals surface area contributed by atoms with Gasteiger partial charge in [-0.3, -0.25) is 4.79 Å². The number of hydrogen-bond acceptors (Lipinski definition) is 4. The molecule has 1 aliphatic heterocycles. The normalized spacial score (nSPS) is 32.9. The highest BCUT2D eigenvalue weighted by Crippen LogP contribution is 2.70. The van der Waals surface area contributed by atoms with Crippen LogP contribution in [0.15, 0.2) is 10.2 Å². The summed E-state index contributed by atoms with van der Waals surface area (Å²) in [6.45, 7) is 6.52. The predicted molar refractivity (Wildman–Crippen MR) is 57.6 cm³/mol. The van der Waals surface area contributed by atoms with E-state index < -0.39 is 27.3 Å². The van der Waals surface area contributed by atoms with E-state index >= 15 is 0 Å². The van der Waals surface area contributed by atoms with Crippen LogP contribution in [0.5, 0.6) is 0 Å². The third-order valence-electron chi connectivity index (χ3n) is 3.70. The van der Waals surface area contributed by atoms with Crippen molar-refractivity contribution in [2.45, 2.75) is 44.1 Å². The Morgan fingerprint density at radius 1 is 1.18 bits per heavy atom. The second-order valence-electron chi connectivity index (χ2n) is 5.45. The molecule has 0 radical (unpaired) electrons. The van der Waals surface area contributed by atoms with Crippen LogP contribution >= 0.6 is 11.8 Å². The third-order valence-corrected chi connectivity index (χ3v) is 5.72. The Morgan fingerprint density at radius 2 is 1.65 bits per heavy atom. The second-order valence-corrected chi connectivity index (χ2v) is 6.72. The molecule has 3 nitrogen and oxygen atoms in total. The first-order chi connectivity index (χ1) is 7.47. The van der Waals surface area contributed by atoms with Crippen LogP contribution in [0.25, 0.3) is 0 Å².